The number of carbonyl (C=O) groups is 1. The summed E-state index contributed by atoms with van der Waals surface area (Å²) in [4.78, 5) is 27.7. The summed E-state index contributed by atoms with van der Waals surface area (Å²) < 4.78 is 0. The Labute approximate surface area is 150 Å². The zero-order chi connectivity index (χ0) is 18.4. The molecule has 0 aliphatic rings. The Balaban J connectivity index is 1.90. The number of benzene rings is 3. The summed E-state index contributed by atoms with van der Waals surface area (Å²) in [6, 6.07) is 24.6. The van der Waals surface area contributed by atoms with Gasteiger partial charge in [-0.05, 0) is 17.7 Å². The summed E-state index contributed by atoms with van der Waals surface area (Å²) in [5, 5.41) is 10.8. The highest BCUT2D eigenvalue weighted by atomic mass is 16.6. The molecule has 0 N–H and O–H groups in total. The molecule has 3 rings (SSSR count). The molecular weight excluding hydrogens is 328 g/mol. The smallest absolute Gasteiger partial charge is 0.269 e. The van der Waals surface area contributed by atoms with Gasteiger partial charge in [0.25, 0.3) is 5.69 Å². The fraction of sp³-hybridized carbons (Fsp3) is 0.0476. The van der Waals surface area contributed by atoms with Crippen LogP contribution in [0.15, 0.2) is 89.9 Å². The topological polar surface area (TPSA) is 72.6 Å². The van der Waals surface area contributed by atoms with E-state index < -0.39 is 4.92 Å². The van der Waals surface area contributed by atoms with Gasteiger partial charge < -0.3 is 0 Å². The monoisotopic (exact) mass is 344 g/mol. The van der Waals surface area contributed by atoms with Crippen molar-refractivity contribution in [1.82, 2.24) is 0 Å². The van der Waals surface area contributed by atoms with Crippen molar-refractivity contribution in [3.63, 3.8) is 0 Å². The van der Waals surface area contributed by atoms with Crippen LogP contribution in [-0.2, 0) is 11.2 Å². The summed E-state index contributed by atoms with van der Waals surface area (Å²) in [6.07, 6.45) is 0.124. The standard InChI is InChI=1S/C21H16N2O3/c24-20(15-16-11-13-19(14-12-16)23(25)26)21(17-7-3-1-4-8-17)22-18-9-5-2-6-10-18/h1-14H,15H2. The van der Waals surface area contributed by atoms with Gasteiger partial charge in [-0.3, -0.25) is 14.9 Å². The SMILES string of the molecule is O=C(Cc1ccc([N+](=O)[O-])cc1)C(=Nc1ccccc1)c1ccccc1. The average molecular weight is 344 g/mol. The third-order valence-corrected chi connectivity index (χ3v) is 3.82. The minimum atomic E-state index is -0.460. The molecule has 3 aromatic rings. The zero-order valence-corrected chi connectivity index (χ0v) is 13.9. The van der Waals surface area contributed by atoms with Gasteiger partial charge in [0.05, 0.1) is 10.6 Å². The predicted octanol–water partition coefficient (Wildman–Crippen LogP) is 4.53. The molecule has 0 spiro atoms. The van der Waals surface area contributed by atoms with Crippen LogP contribution >= 0.6 is 0 Å². The molecular formula is C21H16N2O3. The Morgan fingerprint density at radius 2 is 1.42 bits per heavy atom. The van der Waals surface area contributed by atoms with E-state index in [0.29, 0.717) is 17.0 Å². The molecule has 0 unspecified atom stereocenters. The van der Waals surface area contributed by atoms with Crippen molar-refractivity contribution in [3.8, 4) is 0 Å². The largest absolute Gasteiger partial charge is 0.292 e. The highest BCUT2D eigenvalue weighted by Gasteiger charge is 2.15. The fourth-order valence-corrected chi connectivity index (χ4v) is 2.52. The highest BCUT2D eigenvalue weighted by molar-refractivity contribution is 6.47. The first kappa shape index (κ1) is 17.2. The molecule has 5 heteroatoms. The van der Waals surface area contributed by atoms with Gasteiger partial charge in [-0.2, -0.15) is 0 Å². The number of nitro benzene ring substituents is 1. The van der Waals surface area contributed by atoms with Gasteiger partial charge >= 0.3 is 0 Å². The number of ketones is 1. The molecule has 26 heavy (non-hydrogen) atoms. The summed E-state index contributed by atoms with van der Waals surface area (Å²) in [6.45, 7) is 0. The van der Waals surface area contributed by atoms with Crippen LogP contribution < -0.4 is 0 Å². The van der Waals surface area contributed by atoms with Crippen LogP contribution in [0.2, 0.25) is 0 Å². The Morgan fingerprint density at radius 1 is 0.846 bits per heavy atom. The van der Waals surface area contributed by atoms with Gasteiger partial charge in [-0.1, -0.05) is 60.7 Å². The molecule has 0 aromatic heterocycles. The maximum atomic E-state index is 12.9. The van der Waals surface area contributed by atoms with Crippen LogP contribution in [-0.4, -0.2) is 16.4 Å². The van der Waals surface area contributed by atoms with E-state index in [-0.39, 0.29) is 17.9 Å². The molecule has 0 saturated carbocycles. The summed E-state index contributed by atoms with van der Waals surface area (Å²) in [5.41, 5.74) is 2.52. The van der Waals surface area contributed by atoms with Gasteiger partial charge in [0, 0.05) is 24.1 Å². The summed E-state index contributed by atoms with van der Waals surface area (Å²) >= 11 is 0. The molecule has 0 aliphatic heterocycles. The lowest BCUT2D eigenvalue weighted by molar-refractivity contribution is -0.384. The molecule has 128 valence electrons. The van der Waals surface area contributed by atoms with E-state index in [4.69, 9.17) is 0 Å². The molecule has 0 atom stereocenters. The van der Waals surface area contributed by atoms with Crippen LogP contribution in [0, 0.1) is 10.1 Å². The number of Topliss-reactive ketones (excluding diaryl/α,β-unsaturated/α-hetero) is 1. The Morgan fingerprint density at radius 3 is 2.00 bits per heavy atom. The number of carbonyl (C=O) groups excluding carboxylic acids is 1. The van der Waals surface area contributed by atoms with Crippen molar-refractivity contribution in [3.05, 3.63) is 106 Å². The van der Waals surface area contributed by atoms with Crippen LogP contribution in [0.4, 0.5) is 11.4 Å². The van der Waals surface area contributed by atoms with Gasteiger partial charge in [-0.25, -0.2) is 4.99 Å². The number of nitro groups is 1. The van der Waals surface area contributed by atoms with Gasteiger partial charge in [0.2, 0.25) is 0 Å². The van der Waals surface area contributed by atoms with Crippen LogP contribution in [0.25, 0.3) is 0 Å². The van der Waals surface area contributed by atoms with Crippen molar-refractivity contribution in [2.45, 2.75) is 6.42 Å². The van der Waals surface area contributed by atoms with Gasteiger partial charge in [-0.15, -0.1) is 0 Å². The second-order valence-electron chi connectivity index (χ2n) is 5.69. The second-order valence-corrected chi connectivity index (χ2v) is 5.69. The first-order valence-electron chi connectivity index (χ1n) is 8.09. The van der Waals surface area contributed by atoms with Gasteiger partial charge in [0.1, 0.15) is 5.71 Å². The number of aliphatic imine (C=N–C) groups is 1. The number of hydrogen-bond acceptors (Lipinski definition) is 4. The van der Waals surface area contributed by atoms with E-state index in [2.05, 4.69) is 4.99 Å². The number of non-ortho nitro benzene ring substituents is 1. The van der Waals surface area contributed by atoms with E-state index in [0.717, 1.165) is 5.56 Å². The lowest BCUT2D eigenvalue weighted by atomic mass is 10.00. The van der Waals surface area contributed by atoms with Crippen LogP contribution in [0.3, 0.4) is 0 Å². The average Bonchev–Trinajstić information content (AvgIpc) is 2.68. The molecule has 3 aromatic carbocycles. The first-order chi connectivity index (χ1) is 12.6. The maximum absolute atomic E-state index is 12.9. The van der Waals surface area contributed by atoms with E-state index in [1.807, 2.05) is 60.7 Å². The van der Waals surface area contributed by atoms with Crippen molar-refractivity contribution in [2.75, 3.05) is 0 Å². The van der Waals surface area contributed by atoms with E-state index in [1.54, 1.807) is 12.1 Å². The number of nitrogens with zero attached hydrogens (tertiary/aromatic N) is 2. The second kappa shape index (κ2) is 7.98. The molecule has 5 nitrogen and oxygen atoms in total. The van der Waals surface area contributed by atoms with E-state index in [9.17, 15) is 14.9 Å². The number of para-hydroxylation sites is 1. The lowest BCUT2D eigenvalue weighted by Gasteiger charge is -2.07. The number of rotatable bonds is 6. The van der Waals surface area contributed by atoms with E-state index in [1.165, 1.54) is 12.1 Å². The highest BCUT2D eigenvalue weighted by Crippen LogP contribution is 2.17. The van der Waals surface area contributed by atoms with E-state index >= 15 is 0 Å². The molecule has 0 amide bonds. The van der Waals surface area contributed by atoms with Crippen molar-refractivity contribution >= 4 is 22.9 Å². The molecule has 0 saturated heterocycles. The maximum Gasteiger partial charge on any atom is 0.269 e. The van der Waals surface area contributed by atoms with Crippen LogP contribution in [0.5, 0.6) is 0 Å². The van der Waals surface area contributed by atoms with Crippen molar-refractivity contribution < 1.29 is 9.72 Å². The summed E-state index contributed by atoms with van der Waals surface area (Å²) in [7, 11) is 0. The minimum Gasteiger partial charge on any atom is -0.292 e. The first-order valence-corrected chi connectivity index (χ1v) is 8.09. The Kier molecular flexibility index (Phi) is 5.29. The van der Waals surface area contributed by atoms with Crippen LogP contribution in [0.1, 0.15) is 11.1 Å². The summed E-state index contributed by atoms with van der Waals surface area (Å²) in [5.74, 6) is -0.145. The molecule has 0 aliphatic carbocycles. The Bertz CT molecular complexity index is 934. The predicted molar refractivity (Wildman–Crippen MR) is 101 cm³/mol. The molecule has 0 fully saturated rings. The quantitative estimate of drug-likeness (QED) is 0.375. The third kappa shape index (κ3) is 4.27. The Hall–Kier alpha value is -3.60. The molecule has 0 radical (unpaired) electrons. The zero-order valence-electron chi connectivity index (χ0n) is 13.9. The van der Waals surface area contributed by atoms with Crippen molar-refractivity contribution in [2.24, 2.45) is 4.99 Å². The fourth-order valence-electron chi connectivity index (χ4n) is 2.52. The third-order valence-electron chi connectivity index (χ3n) is 3.82. The number of hydrogen-bond donors (Lipinski definition) is 0. The molecule has 0 heterocycles. The normalized spacial score (nSPS) is 11.2. The molecule has 0 bridgehead atoms. The van der Waals surface area contributed by atoms with Gasteiger partial charge in [0.15, 0.2) is 5.78 Å². The minimum absolute atomic E-state index is 0.00225. The van der Waals surface area contributed by atoms with Crippen molar-refractivity contribution in [1.29, 1.82) is 0 Å². The lowest BCUT2D eigenvalue weighted by Crippen LogP contribution is -2.17.